The summed E-state index contributed by atoms with van der Waals surface area (Å²) in [5.41, 5.74) is 1.30. The lowest BCUT2D eigenvalue weighted by atomic mass is 9.89. The molecule has 1 aliphatic rings. The number of methoxy groups -OCH3 is 2. The smallest absolute Gasteiger partial charge is 0.0686 e. The van der Waals surface area contributed by atoms with E-state index in [9.17, 15) is 0 Å². The van der Waals surface area contributed by atoms with Crippen molar-refractivity contribution >= 4 is 0 Å². The van der Waals surface area contributed by atoms with Gasteiger partial charge in [-0.15, -0.1) is 0 Å². The number of hydrogen-bond donors (Lipinski definition) is 1. The number of rotatable bonds is 6. The molecule has 1 aromatic carbocycles. The molecular weight excluding hydrogens is 238 g/mol. The van der Waals surface area contributed by atoms with Gasteiger partial charge in [-0.2, -0.15) is 0 Å². The molecule has 19 heavy (non-hydrogen) atoms. The van der Waals surface area contributed by atoms with Crippen molar-refractivity contribution in [1.29, 1.82) is 0 Å². The van der Waals surface area contributed by atoms with Gasteiger partial charge in [0.15, 0.2) is 0 Å². The molecule has 0 amide bonds. The minimum atomic E-state index is -0.0788. The normalized spacial score (nSPS) is 30.7. The largest absolute Gasteiger partial charge is 0.383 e. The molecule has 0 radical (unpaired) electrons. The summed E-state index contributed by atoms with van der Waals surface area (Å²) in [4.78, 5) is 0. The van der Waals surface area contributed by atoms with E-state index in [0.717, 1.165) is 25.9 Å². The molecule has 1 heterocycles. The molecule has 1 aromatic rings. The van der Waals surface area contributed by atoms with Crippen LogP contribution in [0.1, 0.15) is 31.7 Å². The van der Waals surface area contributed by atoms with Crippen molar-refractivity contribution in [2.45, 2.75) is 37.3 Å². The van der Waals surface area contributed by atoms with E-state index in [0.29, 0.717) is 6.61 Å². The Morgan fingerprint density at radius 3 is 2.32 bits per heavy atom. The first-order valence-corrected chi connectivity index (χ1v) is 7.03. The number of hydrogen-bond acceptors (Lipinski definition) is 3. The van der Waals surface area contributed by atoms with E-state index >= 15 is 0 Å². The van der Waals surface area contributed by atoms with Crippen LogP contribution in [0.25, 0.3) is 0 Å². The molecule has 0 unspecified atom stereocenters. The summed E-state index contributed by atoms with van der Waals surface area (Å²) in [6.45, 7) is 3.67. The molecule has 2 rings (SSSR count). The molecule has 3 nitrogen and oxygen atoms in total. The third-order valence-electron chi connectivity index (χ3n) is 4.35. The van der Waals surface area contributed by atoms with E-state index in [-0.39, 0.29) is 11.1 Å². The van der Waals surface area contributed by atoms with E-state index in [1.165, 1.54) is 5.56 Å². The maximum Gasteiger partial charge on any atom is 0.0686 e. The third-order valence-corrected chi connectivity index (χ3v) is 4.35. The van der Waals surface area contributed by atoms with E-state index in [2.05, 4.69) is 42.6 Å². The predicted molar refractivity (Wildman–Crippen MR) is 77.3 cm³/mol. The van der Waals surface area contributed by atoms with Crippen LogP contribution in [0, 0.1) is 0 Å². The molecular formula is C16H25NO2. The number of nitrogens with one attached hydrogen (secondary N) is 1. The van der Waals surface area contributed by atoms with Crippen molar-refractivity contribution in [1.82, 2.24) is 5.32 Å². The van der Waals surface area contributed by atoms with Crippen molar-refractivity contribution < 1.29 is 9.47 Å². The quantitative estimate of drug-likeness (QED) is 0.856. The number of benzene rings is 1. The van der Waals surface area contributed by atoms with Crippen molar-refractivity contribution in [3.63, 3.8) is 0 Å². The molecule has 0 spiro atoms. The molecule has 0 aromatic heterocycles. The summed E-state index contributed by atoms with van der Waals surface area (Å²) < 4.78 is 10.9. The Hall–Kier alpha value is -0.900. The molecule has 1 N–H and O–H groups in total. The second-order valence-corrected chi connectivity index (χ2v) is 5.57. The van der Waals surface area contributed by atoms with E-state index < -0.39 is 0 Å². The lowest BCUT2D eigenvalue weighted by Crippen LogP contribution is -2.53. The highest BCUT2D eigenvalue weighted by Crippen LogP contribution is 2.40. The van der Waals surface area contributed by atoms with Crippen LogP contribution in [0.2, 0.25) is 0 Å². The maximum atomic E-state index is 5.50. The minimum Gasteiger partial charge on any atom is -0.383 e. The summed E-state index contributed by atoms with van der Waals surface area (Å²) in [5, 5.41) is 3.84. The molecule has 0 saturated carbocycles. The highest BCUT2D eigenvalue weighted by atomic mass is 16.5. The fourth-order valence-electron chi connectivity index (χ4n) is 3.25. The first-order chi connectivity index (χ1) is 9.20. The Labute approximate surface area is 116 Å². The van der Waals surface area contributed by atoms with Crippen LogP contribution in [0.3, 0.4) is 0 Å². The zero-order chi connectivity index (χ0) is 13.8. The second kappa shape index (κ2) is 6.04. The van der Waals surface area contributed by atoms with Gasteiger partial charge in [-0.25, -0.2) is 0 Å². The Morgan fingerprint density at radius 2 is 1.74 bits per heavy atom. The fourth-order valence-corrected chi connectivity index (χ4v) is 3.25. The zero-order valence-corrected chi connectivity index (χ0v) is 12.2. The van der Waals surface area contributed by atoms with Crippen LogP contribution in [0.15, 0.2) is 30.3 Å². The molecule has 3 heteroatoms. The molecule has 1 aliphatic heterocycles. The van der Waals surface area contributed by atoms with Gasteiger partial charge in [-0.1, -0.05) is 37.3 Å². The van der Waals surface area contributed by atoms with Crippen LogP contribution < -0.4 is 5.32 Å². The molecule has 1 fully saturated rings. The standard InChI is InChI=1S/C16H25NO2/c1-4-15(12-18-2)10-11-16(17-15,13-19-3)14-8-6-5-7-9-14/h5-9,17H,4,10-13H2,1-3H3/t15-,16+/m1/s1. The van der Waals surface area contributed by atoms with Gasteiger partial charge >= 0.3 is 0 Å². The van der Waals surface area contributed by atoms with Gasteiger partial charge in [0.25, 0.3) is 0 Å². The maximum absolute atomic E-state index is 5.50. The molecule has 1 saturated heterocycles. The van der Waals surface area contributed by atoms with Crippen LogP contribution in [-0.2, 0) is 15.0 Å². The summed E-state index contributed by atoms with van der Waals surface area (Å²) in [6.07, 6.45) is 3.27. The Kier molecular flexibility index (Phi) is 4.61. The van der Waals surface area contributed by atoms with Crippen molar-refractivity contribution in [3.8, 4) is 0 Å². The van der Waals surface area contributed by atoms with E-state index in [4.69, 9.17) is 9.47 Å². The van der Waals surface area contributed by atoms with Crippen LogP contribution in [0.4, 0.5) is 0 Å². The SMILES string of the molecule is CC[C@]1(COC)CC[C@](COC)(c2ccccc2)N1. The van der Waals surface area contributed by atoms with Gasteiger partial charge in [-0.3, -0.25) is 5.32 Å². The molecule has 106 valence electrons. The summed E-state index contributed by atoms with van der Waals surface area (Å²) >= 11 is 0. The first-order valence-electron chi connectivity index (χ1n) is 7.03. The fraction of sp³-hybridized carbons (Fsp3) is 0.625. The van der Waals surface area contributed by atoms with Crippen LogP contribution in [-0.4, -0.2) is 33.0 Å². The van der Waals surface area contributed by atoms with Gasteiger partial charge in [-0.05, 0) is 24.8 Å². The highest BCUT2D eigenvalue weighted by Gasteiger charge is 2.47. The average Bonchev–Trinajstić information content (AvgIpc) is 2.82. The minimum absolute atomic E-state index is 0.0725. The Morgan fingerprint density at radius 1 is 1.05 bits per heavy atom. The molecule has 0 bridgehead atoms. The van der Waals surface area contributed by atoms with Crippen molar-refractivity contribution in [2.75, 3.05) is 27.4 Å². The average molecular weight is 263 g/mol. The Bertz CT molecular complexity index is 395. The third kappa shape index (κ3) is 2.83. The predicted octanol–water partition coefficient (Wildman–Crippen LogP) is 2.71. The Balaban J connectivity index is 2.28. The summed E-state index contributed by atoms with van der Waals surface area (Å²) in [6, 6.07) is 10.6. The summed E-state index contributed by atoms with van der Waals surface area (Å²) in [5.74, 6) is 0. The first kappa shape index (κ1) is 14.5. The second-order valence-electron chi connectivity index (χ2n) is 5.57. The highest BCUT2D eigenvalue weighted by molar-refractivity contribution is 5.28. The topological polar surface area (TPSA) is 30.5 Å². The summed E-state index contributed by atoms with van der Waals surface area (Å²) in [7, 11) is 3.55. The van der Waals surface area contributed by atoms with Gasteiger partial charge in [0, 0.05) is 19.8 Å². The number of ether oxygens (including phenoxy) is 2. The van der Waals surface area contributed by atoms with E-state index in [1.54, 1.807) is 14.2 Å². The van der Waals surface area contributed by atoms with Gasteiger partial charge in [0.2, 0.25) is 0 Å². The monoisotopic (exact) mass is 263 g/mol. The lowest BCUT2D eigenvalue weighted by Gasteiger charge is -2.35. The van der Waals surface area contributed by atoms with E-state index in [1.807, 2.05) is 0 Å². The van der Waals surface area contributed by atoms with Crippen molar-refractivity contribution in [2.24, 2.45) is 0 Å². The molecule has 0 aliphatic carbocycles. The van der Waals surface area contributed by atoms with Crippen LogP contribution in [0.5, 0.6) is 0 Å². The van der Waals surface area contributed by atoms with Crippen molar-refractivity contribution in [3.05, 3.63) is 35.9 Å². The lowest BCUT2D eigenvalue weighted by molar-refractivity contribution is 0.0790. The van der Waals surface area contributed by atoms with Gasteiger partial charge in [0.05, 0.1) is 18.8 Å². The van der Waals surface area contributed by atoms with Gasteiger partial charge in [0.1, 0.15) is 0 Å². The zero-order valence-electron chi connectivity index (χ0n) is 12.2. The van der Waals surface area contributed by atoms with Crippen LogP contribution >= 0.6 is 0 Å². The molecule has 2 atom stereocenters. The van der Waals surface area contributed by atoms with Gasteiger partial charge < -0.3 is 9.47 Å².